The summed E-state index contributed by atoms with van der Waals surface area (Å²) >= 11 is 0. The molecule has 1 heterocycles. The van der Waals surface area contributed by atoms with Crippen LogP contribution in [0.25, 0.3) is 0 Å². The van der Waals surface area contributed by atoms with Gasteiger partial charge in [0.15, 0.2) is 0 Å². The minimum Gasteiger partial charge on any atom is -0.449 e. The van der Waals surface area contributed by atoms with Gasteiger partial charge in [0.2, 0.25) is 0 Å². The van der Waals surface area contributed by atoms with E-state index in [1.54, 1.807) is 4.90 Å². The molecule has 1 aromatic carbocycles. The smallest absolute Gasteiger partial charge is 0.414 e. The van der Waals surface area contributed by atoms with Gasteiger partial charge in [-0.15, -0.1) is 0 Å². The molecule has 2 N–H and O–H groups in total. The number of benzene rings is 1. The fourth-order valence-electron chi connectivity index (χ4n) is 2.27. The van der Waals surface area contributed by atoms with E-state index >= 15 is 0 Å². The van der Waals surface area contributed by atoms with Crippen LogP contribution in [0.15, 0.2) is 18.2 Å². The van der Waals surface area contributed by atoms with E-state index in [2.05, 4.69) is 0 Å². The highest BCUT2D eigenvalue weighted by atomic mass is 16.6. The van der Waals surface area contributed by atoms with Crippen molar-refractivity contribution in [2.45, 2.75) is 20.3 Å². The first-order chi connectivity index (χ1) is 8.61. The summed E-state index contributed by atoms with van der Waals surface area (Å²) in [6.07, 6.45) is 0.631. The maximum absolute atomic E-state index is 11.9. The normalized spacial score (nSPS) is 19.8. The SMILES string of the molecule is Cc1ccc(C)c(N2CC(CCN)COC2=O)c1. The lowest BCUT2D eigenvalue weighted by Crippen LogP contribution is -2.44. The number of anilines is 1. The zero-order valence-electron chi connectivity index (χ0n) is 11.0. The molecular weight excluding hydrogens is 228 g/mol. The number of carbonyl (C=O) groups is 1. The molecule has 1 aromatic rings. The summed E-state index contributed by atoms with van der Waals surface area (Å²) in [5, 5.41) is 0. The van der Waals surface area contributed by atoms with Crippen molar-refractivity contribution in [2.75, 3.05) is 24.6 Å². The number of cyclic esters (lactones) is 1. The number of aryl methyl sites for hydroxylation is 2. The number of carbonyl (C=O) groups excluding carboxylic acids is 1. The van der Waals surface area contributed by atoms with E-state index in [4.69, 9.17) is 10.5 Å². The van der Waals surface area contributed by atoms with E-state index in [1.165, 1.54) is 0 Å². The number of nitrogens with two attached hydrogens (primary N) is 1. The van der Waals surface area contributed by atoms with Gasteiger partial charge in [-0.1, -0.05) is 12.1 Å². The number of hydrogen-bond acceptors (Lipinski definition) is 3. The lowest BCUT2D eigenvalue weighted by molar-refractivity contribution is 0.113. The van der Waals surface area contributed by atoms with Crippen molar-refractivity contribution in [2.24, 2.45) is 11.7 Å². The van der Waals surface area contributed by atoms with Gasteiger partial charge in [0.05, 0.1) is 12.3 Å². The first kappa shape index (κ1) is 12.9. The summed E-state index contributed by atoms with van der Waals surface area (Å²) in [6, 6.07) is 6.11. The van der Waals surface area contributed by atoms with Crippen molar-refractivity contribution < 1.29 is 9.53 Å². The van der Waals surface area contributed by atoms with Crippen LogP contribution in [0.2, 0.25) is 0 Å². The molecule has 18 heavy (non-hydrogen) atoms. The number of hydrogen-bond donors (Lipinski definition) is 1. The molecule has 0 spiro atoms. The van der Waals surface area contributed by atoms with Crippen LogP contribution in [0, 0.1) is 19.8 Å². The molecule has 1 amide bonds. The Labute approximate surface area is 108 Å². The fourth-order valence-corrected chi connectivity index (χ4v) is 2.27. The number of ether oxygens (including phenoxy) is 1. The summed E-state index contributed by atoms with van der Waals surface area (Å²) in [6.45, 7) is 5.84. The molecular formula is C14H20N2O2. The summed E-state index contributed by atoms with van der Waals surface area (Å²) in [5.41, 5.74) is 8.75. The van der Waals surface area contributed by atoms with Crippen LogP contribution in [0.1, 0.15) is 17.5 Å². The molecule has 1 saturated heterocycles. The van der Waals surface area contributed by atoms with Gasteiger partial charge in [-0.2, -0.15) is 0 Å². The van der Waals surface area contributed by atoms with Crippen LogP contribution >= 0.6 is 0 Å². The van der Waals surface area contributed by atoms with Crippen LogP contribution in [0.4, 0.5) is 10.5 Å². The van der Waals surface area contributed by atoms with Gasteiger partial charge >= 0.3 is 6.09 Å². The Morgan fingerprint density at radius 2 is 2.22 bits per heavy atom. The van der Waals surface area contributed by atoms with E-state index in [0.29, 0.717) is 25.6 Å². The quantitative estimate of drug-likeness (QED) is 0.892. The third-order valence-corrected chi connectivity index (χ3v) is 3.33. The highest BCUT2D eigenvalue weighted by Crippen LogP contribution is 2.26. The lowest BCUT2D eigenvalue weighted by atomic mass is 10.0. The highest BCUT2D eigenvalue weighted by Gasteiger charge is 2.28. The largest absolute Gasteiger partial charge is 0.449 e. The predicted molar refractivity (Wildman–Crippen MR) is 71.8 cm³/mol. The molecule has 0 saturated carbocycles. The summed E-state index contributed by atoms with van der Waals surface area (Å²) in [4.78, 5) is 13.6. The molecule has 4 heteroatoms. The molecule has 0 radical (unpaired) electrons. The van der Waals surface area contributed by atoms with Crippen LogP contribution in [-0.2, 0) is 4.74 Å². The Bertz CT molecular complexity index is 445. The van der Waals surface area contributed by atoms with Gasteiger partial charge in [-0.3, -0.25) is 4.90 Å². The van der Waals surface area contributed by atoms with Gasteiger partial charge in [0, 0.05) is 12.5 Å². The number of amides is 1. The third-order valence-electron chi connectivity index (χ3n) is 3.33. The lowest BCUT2D eigenvalue weighted by Gasteiger charge is -2.33. The molecule has 98 valence electrons. The monoisotopic (exact) mass is 248 g/mol. The van der Waals surface area contributed by atoms with Crippen molar-refractivity contribution in [3.8, 4) is 0 Å². The third kappa shape index (κ3) is 2.64. The zero-order chi connectivity index (χ0) is 13.1. The van der Waals surface area contributed by atoms with E-state index in [0.717, 1.165) is 23.2 Å². The van der Waals surface area contributed by atoms with Crippen LogP contribution < -0.4 is 10.6 Å². The van der Waals surface area contributed by atoms with Crippen molar-refractivity contribution in [1.29, 1.82) is 0 Å². The molecule has 1 unspecified atom stereocenters. The van der Waals surface area contributed by atoms with E-state index in [1.807, 2.05) is 32.0 Å². The maximum atomic E-state index is 11.9. The van der Waals surface area contributed by atoms with E-state index < -0.39 is 0 Å². The van der Waals surface area contributed by atoms with E-state index in [9.17, 15) is 4.79 Å². The fraction of sp³-hybridized carbons (Fsp3) is 0.500. The minimum absolute atomic E-state index is 0.253. The molecule has 0 aliphatic carbocycles. The Balaban J connectivity index is 2.24. The average Bonchev–Trinajstić information content (AvgIpc) is 2.35. The maximum Gasteiger partial charge on any atom is 0.414 e. The highest BCUT2D eigenvalue weighted by molar-refractivity contribution is 5.89. The molecule has 2 rings (SSSR count). The van der Waals surface area contributed by atoms with Gasteiger partial charge in [0.25, 0.3) is 0 Å². The number of nitrogens with zero attached hydrogens (tertiary/aromatic N) is 1. The molecule has 1 aliphatic rings. The summed E-state index contributed by atoms with van der Waals surface area (Å²) < 4.78 is 5.24. The Morgan fingerprint density at radius 1 is 1.44 bits per heavy atom. The molecule has 0 bridgehead atoms. The van der Waals surface area contributed by atoms with Crippen LogP contribution in [-0.4, -0.2) is 25.8 Å². The second-order valence-corrected chi connectivity index (χ2v) is 4.92. The van der Waals surface area contributed by atoms with Crippen molar-refractivity contribution >= 4 is 11.8 Å². The summed E-state index contributed by atoms with van der Waals surface area (Å²) in [7, 11) is 0. The van der Waals surface area contributed by atoms with E-state index in [-0.39, 0.29) is 6.09 Å². The molecule has 1 fully saturated rings. The topological polar surface area (TPSA) is 55.6 Å². The Morgan fingerprint density at radius 3 is 2.94 bits per heavy atom. The predicted octanol–water partition coefficient (Wildman–Crippen LogP) is 2.23. The first-order valence-corrected chi connectivity index (χ1v) is 6.33. The number of rotatable bonds is 3. The van der Waals surface area contributed by atoms with Gasteiger partial charge in [-0.25, -0.2) is 4.79 Å². The van der Waals surface area contributed by atoms with Crippen molar-refractivity contribution in [1.82, 2.24) is 0 Å². The molecule has 1 atom stereocenters. The Kier molecular flexibility index (Phi) is 3.87. The molecule has 1 aliphatic heterocycles. The van der Waals surface area contributed by atoms with Crippen molar-refractivity contribution in [3.63, 3.8) is 0 Å². The second-order valence-electron chi connectivity index (χ2n) is 4.92. The second kappa shape index (κ2) is 5.40. The Hall–Kier alpha value is -1.55. The standard InChI is InChI=1S/C14H20N2O2/c1-10-3-4-11(2)13(7-10)16-8-12(5-6-15)9-18-14(16)17/h3-4,7,12H,5-6,8-9,15H2,1-2H3. The average molecular weight is 248 g/mol. The summed E-state index contributed by atoms with van der Waals surface area (Å²) in [5.74, 6) is 0.326. The zero-order valence-corrected chi connectivity index (χ0v) is 11.0. The van der Waals surface area contributed by atoms with Gasteiger partial charge < -0.3 is 10.5 Å². The van der Waals surface area contributed by atoms with Crippen LogP contribution in [0.5, 0.6) is 0 Å². The van der Waals surface area contributed by atoms with Gasteiger partial charge in [0.1, 0.15) is 0 Å². The van der Waals surface area contributed by atoms with Crippen molar-refractivity contribution in [3.05, 3.63) is 29.3 Å². The molecule has 0 aromatic heterocycles. The first-order valence-electron chi connectivity index (χ1n) is 6.33. The van der Waals surface area contributed by atoms with Gasteiger partial charge in [-0.05, 0) is 44.0 Å². The minimum atomic E-state index is -0.253. The van der Waals surface area contributed by atoms with Crippen LogP contribution in [0.3, 0.4) is 0 Å². The molecule has 4 nitrogen and oxygen atoms in total.